The van der Waals surface area contributed by atoms with Crippen LogP contribution in [0.15, 0.2) is 11.6 Å². The fraction of sp³-hybridized carbons (Fsp3) is 0.857. The van der Waals surface area contributed by atoms with Crippen LogP contribution in [0.1, 0.15) is 58.3 Å². The van der Waals surface area contributed by atoms with Crippen molar-refractivity contribution < 1.29 is 13.0 Å². The second-order valence-electron chi connectivity index (χ2n) is 6.28. The molecule has 2 aliphatic rings. The van der Waals surface area contributed by atoms with Gasteiger partial charge in [0.1, 0.15) is 0 Å². The molecule has 0 aromatic heterocycles. The minimum atomic E-state index is -3.77. The first-order chi connectivity index (χ1) is 8.39. The second kappa shape index (κ2) is 5.33. The Morgan fingerprint density at radius 2 is 2.22 bits per heavy atom. The van der Waals surface area contributed by atoms with E-state index >= 15 is 0 Å². The van der Waals surface area contributed by atoms with Crippen LogP contribution in [0.25, 0.3) is 0 Å². The van der Waals surface area contributed by atoms with E-state index in [1.54, 1.807) is 5.57 Å². The average molecular weight is 272 g/mol. The van der Waals surface area contributed by atoms with Crippen LogP contribution in [0.4, 0.5) is 0 Å². The minimum absolute atomic E-state index is 0.0820. The Labute approximate surface area is 110 Å². The summed E-state index contributed by atoms with van der Waals surface area (Å²) in [6, 6.07) is 0. The van der Waals surface area contributed by atoms with Gasteiger partial charge in [-0.25, -0.2) is 0 Å². The van der Waals surface area contributed by atoms with E-state index in [4.69, 9.17) is 4.55 Å². The van der Waals surface area contributed by atoms with Crippen molar-refractivity contribution in [3.63, 3.8) is 0 Å². The van der Waals surface area contributed by atoms with E-state index in [2.05, 4.69) is 13.0 Å². The summed E-state index contributed by atoms with van der Waals surface area (Å²) in [5, 5.41) is 0. The van der Waals surface area contributed by atoms with Crippen LogP contribution in [0.5, 0.6) is 0 Å². The van der Waals surface area contributed by atoms with Gasteiger partial charge in [0.25, 0.3) is 10.1 Å². The SMILES string of the molecule is CC1C=C2CCCC(CCCCS(=O)(=O)O)(C2)C1. The zero-order chi connectivity index (χ0) is 13.2. The molecule has 3 nitrogen and oxygen atoms in total. The van der Waals surface area contributed by atoms with E-state index < -0.39 is 10.1 Å². The molecule has 0 radical (unpaired) electrons. The molecule has 1 N–H and O–H groups in total. The molecule has 0 saturated heterocycles. The molecule has 18 heavy (non-hydrogen) atoms. The molecule has 2 aliphatic carbocycles. The molecule has 2 bridgehead atoms. The van der Waals surface area contributed by atoms with Crippen LogP contribution >= 0.6 is 0 Å². The van der Waals surface area contributed by atoms with Gasteiger partial charge in [-0.3, -0.25) is 4.55 Å². The summed E-state index contributed by atoms with van der Waals surface area (Å²) >= 11 is 0. The molecular formula is C14H24O3S. The fourth-order valence-electron chi connectivity index (χ4n) is 3.91. The van der Waals surface area contributed by atoms with Crippen molar-refractivity contribution in [2.24, 2.45) is 11.3 Å². The van der Waals surface area contributed by atoms with E-state index in [0.717, 1.165) is 12.8 Å². The molecule has 104 valence electrons. The maximum absolute atomic E-state index is 10.7. The van der Waals surface area contributed by atoms with Crippen LogP contribution in [0.3, 0.4) is 0 Å². The smallest absolute Gasteiger partial charge is 0.264 e. The summed E-state index contributed by atoms with van der Waals surface area (Å²) < 4.78 is 30.1. The monoisotopic (exact) mass is 272 g/mol. The molecule has 0 aliphatic heterocycles. The lowest BCUT2D eigenvalue weighted by Crippen LogP contribution is -2.30. The average Bonchev–Trinajstić information content (AvgIpc) is 2.22. The summed E-state index contributed by atoms with van der Waals surface area (Å²) in [6.45, 7) is 2.29. The normalized spacial score (nSPS) is 32.1. The van der Waals surface area contributed by atoms with Crippen LogP contribution < -0.4 is 0 Å². The van der Waals surface area contributed by atoms with E-state index in [1.165, 1.54) is 32.1 Å². The topological polar surface area (TPSA) is 54.4 Å². The van der Waals surface area contributed by atoms with Crippen molar-refractivity contribution in [3.05, 3.63) is 11.6 Å². The standard InChI is InChI=1S/C14H24O3S/c1-12-9-13-5-4-7-14(10-12,11-13)6-2-3-8-18(15,16)17/h9,12H,2-8,10-11H2,1H3,(H,15,16,17). The third kappa shape index (κ3) is 3.82. The Balaban J connectivity index is 1.86. The Bertz CT molecular complexity index is 424. The van der Waals surface area contributed by atoms with Crippen molar-refractivity contribution in [1.29, 1.82) is 0 Å². The van der Waals surface area contributed by atoms with Crippen LogP contribution in [0, 0.1) is 11.3 Å². The zero-order valence-electron chi connectivity index (χ0n) is 11.2. The van der Waals surface area contributed by atoms with Crippen molar-refractivity contribution in [2.75, 3.05) is 5.75 Å². The fourth-order valence-corrected chi connectivity index (χ4v) is 4.48. The number of fused-ring (bicyclic) bond motifs is 2. The molecule has 0 spiro atoms. The van der Waals surface area contributed by atoms with Gasteiger partial charge in [0.05, 0.1) is 5.75 Å². The Morgan fingerprint density at radius 1 is 1.44 bits per heavy atom. The first-order valence-corrected chi connectivity index (χ1v) is 8.64. The van der Waals surface area contributed by atoms with Gasteiger partial charge in [0, 0.05) is 0 Å². The Hall–Kier alpha value is -0.350. The lowest BCUT2D eigenvalue weighted by Gasteiger charge is -2.44. The van der Waals surface area contributed by atoms with E-state index in [-0.39, 0.29) is 5.75 Å². The highest BCUT2D eigenvalue weighted by Crippen LogP contribution is 2.50. The van der Waals surface area contributed by atoms with Crippen molar-refractivity contribution >= 4 is 10.1 Å². The number of rotatable bonds is 5. The third-order valence-corrected chi connectivity index (χ3v) is 5.25. The Morgan fingerprint density at radius 3 is 2.94 bits per heavy atom. The maximum atomic E-state index is 10.7. The van der Waals surface area contributed by atoms with Gasteiger partial charge in [-0.1, -0.05) is 25.0 Å². The van der Waals surface area contributed by atoms with Crippen molar-refractivity contribution in [3.8, 4) is 0 Å². The minimum Gasteiger partial charge on any atom is -0.286 e. The number of hydrogen-bond donors (Lipinski definition) is 1. The first-order valence-electron chi connectivity index (χ1n) is 7.03. The highest BCUT2D eigenvalue weighted by molar-refractivity contribution is 7.85. The molecule has 4 heteroatoms. The van der Waals surface area contributed by atoms with Gasteiger partial charge >= 0.3 is 0 Å². The molecule has 0 aromatic carbocycles. The molecule has 0 heterocycles. The summed E-state index contributed by atoms with van der Waals surface area (Å²) in [5.74, 6) is 0.594. The summed E-state index contributed by atoms with van der Waals surface area (Å²) in [7, 11) is -3.77. The second-order valence-corrected chi connectivity index (χ2v) is 7.85. The third-order valence-electron chi connectivity index (χ3n) is 4.44. The number of allylic oxidation sites excluding steroid dienone is 2. The lowest BCUT2D eigenvalue weighted by atomic mass is 9.62. The molecule has 2 atom stereocenters. The summed E-state index contributed by atoms with van der Waals surface area (Å²) in [6.07, 6.45) is 11.4. The van der Waals surface area contributed by atoms with E-state index in [1.807, 2.05) is 0 Å². The van der Waals surface area contributed by atoms with Crippen LogP contribution in [-0.2, 0) is 10.1 Å². The molecule has 2 unspecified atom stereocenters. The highest BCUT2D eigenvalue weighted by atomic mass is 32.2. The number of unbranched alkanes of at least 4 members (excludes halogenated alkanes) is 1. The highest BCUT2D eigenvalue weighted by Gasteiger charge is 2.37. The van der Waals surface area contributed by atoms with Gasteiger partial charge in [-0.05, 0) is 56.3 Å². The van der Waals surface area contributed by atoms with Crippen molar-refractivity contribution in [1.82, 2.24) is 0 Å². The van der Waals surface area contributed by atoms with Gasteiger partial charge in [-0.2, -0.15) is 8.42 Å². The van der Waals surface area contributed by atoms with Crippen LogP contribution in [0.2, 0.25) is 0 Å². The molecule has 2 rings (SSSR count). The molecule has 0 aromatic rings. The largest absolute Gasteiger partial charge is 0.286 e. The maximum Gasteiger partial charge on any atom is 0.264 e. The summed E-state index contributed by atoms with van der Waals surface area (Å²) in [5.41, 5.74) is 2.05. The molecule has 0 amide bonds. The number of hydrogen-bond acceptors (Lipinski definition) is 2. The van der Waals surface area contributed by atoms with Gasteiger partial charge in [-0.15, -0.1) is 0 Å². The molecule has 1 saturated carbocycles. The van der Waals surface area contributed by atoms with Gasteiger partial charge < -0.3 is 0 Å². The molecular weight excluding hydrogens is 248 g/mol. The quantitative estimate of drug-likeness (QED) is 0.473. The van der Waals surface area contributed by atoms with Gasteiger partial charge in [0.15, 0.2) is 0 Å². The summed E-state index contributed by atoms with van der Waals surface area (Å²) in [4.78, 5) is 0. The predicted molar refractivity (Wildman–Crippen MR) is 73.0 cm³/mol. The molecule has 1 fully saturated rings. The lowest BCUT2D eigenvalue weighted by molar-refractivity contribution is 0.151. The van der Waals surface area contributed by atoms with E-state index in [9.17, 15) is 8.42 Å². The van der Waals surface area contributed by atoms with Gasteiger partial charge in [0.2, 0.25) is 0 Å². The van der Waals surface area contributed by atoms with Crippen LogP contribution in [-0.4, -0.2) is 18.7 Å². The predicted octanol–water partition coefficient (Wildman–Crippen LogP) is 3.57. The Kier molecular flexibility index (Phi) is 4.17. The zero-order valence-corrected chi connectivity index (χ0v) is 12.0. The van der Waals surface area contributed by atoms with Crippen molar-refractivity contribution in [2.45, 2.75) is 58.3 Å². The van der Waals surface area contributed by atoms with E-state index in [0.29, 0.717) is 17.8 Å². The first kappa shape index (κ1) is 14.1.